The lowest BCUT2D eigenvalue weighted by Crippen LogP contribution is -2.31. The molecule has 4 rings (SSSR count). The topological polar surface area (TPSA) is 89.3 Å². The lowest BCUT2D eigenvalue weighted by Gasteiger charge is -2.12. The van der Waals surface area contributed by atoms with Gasteiger partial charge in [0.1, 0.15) is 6.73 Å². The molecule has 2 heterocycles. The molecule has 7 heteroatoms. The lowest BCUT2D eigenvalue weighted by molar-refractivity contribution is 0.0449. The molecule has 0 spiro atoms. The van der Waals surface area contributed by atoms with Crippen LogP contribution in [0.1, 0.15) is 45.9 Å². The number of ether oxygens (including phenoxy) is 1. The molecule has 1 saturated carbocycles. The number of hydrogen-bond donors (Lipinski definition) is 2. The zero-order valence-electron chi connectivity index (χ0n) is 17.1. The van der Waals surface area contributed by atoms with Crippen LogP contribution in [0, 0.1) is 11.8 Å². The molecule has 0 saturated heterocycles. The van der Waals surface area contributed by atoms with E-state index in [0.29, 0.717) is 30.1 Å². The quantitative estimate of drug-likeness (QED) is 0.254. The normalized spacial score (nSPS) is 13.8. The molecule has 1 aliphatic carbocycles. The summed E-state index contributed by atoms with van der Waals surface area (Å²) in [5.41, 5.74) is 2.84. The number of nitrogens with one attached hydrogen (secondary N) is 1. The SMILES string of the molecule is O=C(OCNC[C@@H](O)Cc1ccccc1)c1cncc(C#Cc2cnn(C3CC3)c2)c1. The van der Waals surface area contributed by atoms with Crippen LogP contribution in [0.25, 0.3) is 0 Å². The standard InChI is InChI=1S/C24H24N4O3/c29-23(11-18-4-2-1-3-5-18)15-26-17-31-24(30)21-10-19(12-25-14-21)6-7-20-13-27-28(16-20)22-8-9-22/h1-5,10,12-14,16,22-23,26,29H,8-9,11,15,17H2/t23-/m0/s1. The van der Waals surface area contributed by atoms with Gasteiger partial charge in [0, 0.05) is 30.7 Å². The van der Waals surface area contributed by atoms with Gasteiger partial charge in [-0.15, -0.1) is 0 Å². The van der Waals surface area contributed by atoms with Gasteiger partial charge in [-0.05, 0) is 30.9 Å². The molecule has 1 aliphatic rings. The molecular formula is C24H24N4O3. The Labute approximate surface area is 181 Å². The highest BCUT2D eigenvalue weighted by Crippen LogP contribution is 2.33. The monoisotopic (exact) mass is 416 g/mol. The lowest BCUT2D eigenvalue weighted by atomic mass is 10.1. The Hall–Kier alpha value is -3.47. The zero-order chi connectivity index (χ0) is 21.5. The first-order valence-corrected chi connectivity index (χ1v) is 10.3. The minimum absolute atomic E-state index is 0.000933. The van der Waals surface area contributed by atoms with Crippen molar-refractivity contribution >= 4 is 5.97 Å². The van der Waals surface area contributed by atoms with Gasteiger partial charge < -0.3 is 9.84 Å². The minimum Gasteiger partial charge on any atom is -0.446 e. The van der Waals surface area contributed by atoms with Gasteiger partial charge in [0.05, 0.1) is 29.5 Å². The molecule has 1 atom stereocenters. The number of hydrogen-bond acceptors (Lipinski definition) is 6. The Bertz CT molecular complexity index is 1080. The van der Waals surface area contributed by atoms with E-state index in [1.165, 1.54) is 19.0 Å². The average molecular weight is 416 g/mol. The van der Waals surface area contributed by atoms with E-state index in [2.05, 4.69) is 27.2 Å². The van der Waals surface area contributed by atoms with E-state index in [1.54, 1.807) is 18.5 Å². The van der Waals surface area contributed by atoms with E-state index in [0.717, 1.165) is 11.1 Å². The fourth-order valence-corrected chi connectivity index (χ4v) is 3.09. The van der Waals surface area contributed by atoms with E-state index in [-0.39, 0.29) is 6.73 Å². The summed E-state index contributed by atoms with van der Waals surface area (Å²) in [5.74, 6) is 5.56. The highest BCUT2D eigenvalue weighted by atomic mass is 16.5. The smallest absolute Gasteiger partial charge is 0.341 e. The zero-order valence-corrected chi connectivity index (χ0v) is 17.1. The molecule has 7 nitrogen and oxygen atoms in total. The fraction of sp³-hybridized carbons (Fsp3) is 0.292. The number of aliphatic hydroxyl groups is 1. The maximum absolute atomic E-state index is 12.3. The summed E-state index contributed by atoms with van der Waals surface area (Å²) in [6, 6.07) is 11.9. The fourth-order valence-electron chi connectivity index (χ4n) is 3.09. The molecule has 0 amide bonds. The molecule has 158 valence electrons. The summed E-state index contributed by atoms with van der Waals surface area (Å²) in [7, 11) is 0. The van der Waals surface area contributed by atoms with Crippen molar-refractivity contribution in [2.75, 3.05) is 13.3 Å². The van der Waals surface area contributed by atoms with Crippen molar-refractivity contribution in [3.63, 3.8) is 0 Å². The first kappa shape index (κ1) is 20.8. The molecule has 0 bridgehead atoms. The van der Waals surface area contributed by atoms with E-state index in [9.17, 15) is 9.90 Å². The van der Waals surface area contributed by atoms with Gasteiger partial charge in [-0.3, -0.25) is 15.0 Å². The number of rotatable bonds is 8. The van der Waals surface area contributed by atoms with E-state index in [4.69, 9.17) is 4.74 Å². The molecule has 2 aromatic heterocycles. The largest absolute Gasteiger partial charge is 0.446 e. The van der Waals surface area contributed by atoms with Crippen molar-refractivity contribution in [1.82, 2.24) is 20.1 Å². The van der Waals surface area contributed by atoms with Crippen LogP contribution >= 0.6 is 0 Å². The third-order valence-corrected chi connectivity index (χ3v) is 4.85. The van der Waals surface area contributed by atoms with Gasteiger partial charge in [0.15, 0.2) is 0 Å². The Balaban J connectivity index is 1.24. The predicted molar refractivity (Wildman–Crippen MR) is 115 cm³/mol. The third kappa shape index (κ3) is 6.25. The maximum atomic E-state index is 12.3. The van der Waals surface area contributed by atoms with Crippen molar-refractivity contribution in [3.05, 3.63) is 83.4 Å². The second kappa shape index (κ2) is 10.0. The summed E-state index contributed by atoms with van der Waals surface area (Å²) in [4.78, 5) is 16.3. The highest BCUT2D eigenvalue weighted by molar-refractivity contribution is 5.89. The molecule has 0 unspecified atom stereocenters. The van der Waals surface area contributed by atoms with Crippen LogP contribution < -0.4 is 5.32 Å². The third-order valence-electron chi connectivity index (χ3n) is 4.85. The number of carbonyl (C=O) groups is 1. The number of nitrogens with zero attached hydrogens (tertiary/aromatic N) is 3. The van der Waals surface area contributed by atoms with Gasteiger partial charge in [0.25, 0.3) is 0 Å². The van der Waals surface area contributed by atoms with Crippen LogP contribution in [0.4, 0.5) is 0 Å². The number of benzene rings is 1. The molecule has 1 fully saturated rings. The van der Waals surface area contributed by atoms with E-state index >= 15 is 0 Å². The van der Waals surface area contributed by atoms with Gasteiger partial charge in [-0.25, -0.2) is 4.79 Å². The number of pyridine rings is 1. The minimum atomic E-state index is -0.564. The summed E-state index contributed by atoms with van der Waals surface area (Å²) in [5, 5.41) is 17.3. The predicted octanol–water partition coefficient (Wildman–Crippen LogP) is 2.32. The Morgan fingerprint density at radius 1 is 1.19 bits per heavy atom. The second-order valence-electron chi connectivity index (χ2n) is 7.53. The van der Waals surface area contributed by atoms with E-state index in [1.807, 2.05) is 41.2 Å². The molecular weight excluding hydrogens is 392 g/mol. The second-order valence-corrected chi connectivity index (χ2v) is 7.53. The number of aromatic nitrogens is 3. The van der Waals surface area contributed by atoms with Crippen LogP contribution in [0.15, 0.2) is 61.2 Å². The van der Waals surface area contributed by atoms with E-state index < -0.39 is 12.1 Å². The van der Waals surface area contributed by atoms with Crippen molar-refractivity contribution in [2.45, 2.75) is 31.4 Å². The number of carbonyl (C=O) groups excluding carboxylic acids is 1. The number of esters is 1. The first-order chi connectivity index (χ1) is 15.2. The van der Waals surface area contributed by atoms with Crippen LogP contribution in [0.3, 0.4) is 0 Å². The summed E-state index contributed by atoms with van der Waals surface area (Å²) in [6.07, 6.45) is 9.04. The number of aliphatic hydroxyl groups excluding tert-OH is 1. The van der Waals surface area contributed by atoms with Gasteiger partial charge in [0.2, 0.25) is 0 Å². The average Bonchev–Trinajstić information content (AvgIpc) is 3.54. The Morgan fingerprint density at radius 3 is 2.81 bits per heavy atom. The highest BCUT2D eigenvalue weighted by Gasteiger charge is 2.23. The summed E-state index contributed by atoms with van der Waals surface area (Å²) < 4.78 is 7.16. The van der Waals surface area contributed by atoms with Crippen molar-refractivity contribution in [1.29, 1.82) is 0 Å². The van der Waals surface area contributed by atoms with Gasteiger partial charge in [-0.2, -0.15) is 5.10 Å². The first-order valence-electron chi connectivity index (χ1n) is 10.3. The van der Waals surface area contributed by atoms with Crippen LogP contribution in [0.5, 0.6) is 0 Å². The maximum Gasteiger partial charge on any atom is 0.341 e. The van der Waals surface area contributed by atoms with Crippen LogP contribution in [-0.4, -0.2) is 45.2 Å². The van der Waals surface area contributed by atoms with Crippen molar-refractivity contribution < 1.29 is 14.6 Å². The van der Waals surface area contributed by atoms with Crippen molar-refractivity contribution in [2.24, 2.45) is 0 Å². The van der Waals surface area contributed by atoms with Gasteiger partial charge in [-0.1, -0.05) is 42.2 Å². The molecule has 0 aliphatic heterocycles. The van der Waals surface area contributed by atoms with Crippen molar-refractivity contribution in [3.8, 4) is 11.8 Å². The van der Waals surface area contributed by atoms with Crippen LogP contribution in [0.2, 0.25) is 0 Å². The Kier molecular flexibility index (Phi) is 6.72. The molecule has 3 aromatic rings. The molecule has 0 radical (unpaired) electrons. The molecule has 2 N–H and O–H groups in total. The molecule has 1 aromatic carbocycles. The van der Waals surface area contributed by atoms with Gasteiger partial charge >= 0.3 is 5.97 Å². The summed E-state index contributed by atoms with van der Waals surface area (Å²) in [6.45, 7) is 0.321. The molecule has 31 heavy (non-hydrogen) atoms. The summed E-state index contributed by atoms with van der Waals surface area (Å²) >= 11 is 0. The van der Waals surface area contributed by atoms with Crippen LogP contribution in [-0.2, 0) is 11.2 Å². The Morgan fingerprint density at radius 2 is 2.00 bits per heavy atom.